The van der Waals surface area contributed by atoms with Crippen molar-refractivity contribution in [2.24, 2.45) is 17.8 Å². The van der Waals surface area contributed by atoms with Crippen LogP contribution in [0.15, 0.2) is 0 Å². The van der Waals surface area contributed by atoms with Crippen molar-refractivity contribution in [2.75, 3.05) is 0 Å². The second-order valence-corrected chi connectivity index (χ2v) is 7.19. The predicted octanol–water partition coefficient (Wildman–Crippen LogP) is 4.48. The van der Waals surface area contributed by atoms with Gasteiger partial charge < -0.3 is 5.11 Å². The highest BCUT2D eigenvalue weighted by Gasteiger charge is 2.35. The van der Waals surface area contributed by atoms with Gasteiger partial charge in [0, 0.05) is 0 Å². The van der Waals surface area contributed by atoms with Crippen LogP contribution in [0.5, 0.6) is 0 Å². The molecule has 0 aromatic carbocycles. The standard InChI is InChI=1S/C16H29FO/c1-12-6-7-13(10-15(18)9-12)14-5-3-4-8-16(2,17)11-14/h12-15,18H,3-11H2,1-2H3. The molecule has 1 N–H and O–H groups in total. The maximum absolute atomic E-state index is 14.3. The van der Waals surface area contributed by atoms with Crippen LogP contribution >= 0.6 is 0 Å². The third kappa shape index (κ3) is 3.94. The van der Waals surface area contributed by atoms with E-state index in [2.05, 4.69) is 6.92 Å². The summed E-state index contributed by atoms with van der Waals surface area (Å²) in [6.45, 7) is 4.01. The third-order valence-corrected chi connectivity index (χ3v) is 5.16. The summed E-state index contributed by atoms with van der Waals surface area (Å²) in [5.41, 5.74) is -0.968. The van der Waals surface area contributed by atoms with Crippen molar-refractivity contribution >= 4 is 0 Å². The van der Waals surface area contributed by atoms with Crippen molar-refractivity contribution in [2.45, 2.75) is 83.4 Å². The van der Waals surface area contributed by atoms with Crippen molar-refractivity contribution < 1.29 is 9.50 Å². The second kappa shape index (κ2) is 5.90. The average molecular weight is 256 g/mol. The largest absolute Gasteiger partial charge is 0.393 e. The summed E-state index contributed by atoms with van der Waals surface area (Å²) in [6.07, 6.45) is 8.93. The zero-order chi connectivity index (χ0) is 13.2. The molecule has 2 saturated carbocycles. The Hall–Kier alpha value is -0.110. The number of aliphatic hydroxyl groups excluding tert-OH is 1. The Balaban J connectivity index is 2.00. The number of halogens is 1. The quantitative estimate of drug-likeness (QED) is 0.686. The Kier molecular flexibility index (Phi) is 4.69. The molecule has 0 bridgehead atoms. The SMILES string of the molecule is CC1CCC(C2CCCCC(C)(F)C2)CC(O)C1. The molecule has 0 aromatic heterocycles. The monoisotopic (exact) mass is 256 g/mol. The minimum absolute atomic E-state index is 0.151. The molecule has 1 nitrogen and oxygen atoms in total. The predicted molar refractivity (Wildman–Crippen MR) is 73.2 cm³/mol. The Morgan fingerprint density at radius 2 is 1.83 bits per heavy atom. The number of hydrogen-bond donors (Lipinski definition) is 1. The minimum Gasteiger partial charge on any atom is -0.393 e. The Bertz CT molecular complexity index is 264. The van der Waals surface area contributed by atoms with Gasteiger partial charge in [-0.05, 0) is 56.8 Å². The first-order chi connectivity index (χ1) is 8.46. The number of aliphatic hydroxyl groups is 1. The molecule has 0 saturated heterocycles. The third-order valence-electron chi connectivity index (χ3n) is 5.16. The molecule has 0 aliphatic heterocycles. The van der Waals surface area contributed by atoms with E-state index in [0.717, 1.165) is 32.1 Å². The molecule has 0 radical (unpaired) electrons. The lowest BCUT2D eigenvalue weighted by atomic mass is 9.78. The second-order valence-electron chi connectivity index (χ2n) is 7.19. The molecule has 0 heterocycles. The summed E-state index contributed by atoms with van der Waals surface area (Å²) in [5, 5.41) is 10.1. The van der Waals surface area contributed by atoms with Crippen molar-refractivity contribution in [3.05, 3.63) is 0 Å². The summed E-state index contributed by atoms with van der Waals surface area (Å²) in [7, 11) is 0. The van der Waals surface area contributed by atoms with E-state index in [-0.39, 0.29) is 6.10 Å². The molecule has 5 unspecified atom stereocenters. The van der Waals surface area contributed by atoms with Crippen molar-refractivity contribution in [1.82, 2.24) is 0 Å². The fourth-order valence-corrected chi connectivity index (χ4v) is 4.13. The van der Waals surface area contributed by atoms with Crippen LogP contribution in [0.25, 0.3) is 0 Å². The van der Waals surface area contributed by atoms with E-state index in [0.29, 0.717) is 17.8 Å². The van der Waals surface area contributed by atoms with Crippen LogP contribution < -0.4 is 0 Å². The molecule has 2 aliphatic carbocycles. The van der Waals surface area contributed by atoms with E-state index < -0.39 is 5.67 Å². The smallest absolute Gasteiger partial charge is 0.108 e. The van der Waals surface area contributed by atoms with Crippen LogP contribution in [0.3, 0.4) is 0 Å². The van der Waals surface area contributed by atoms with Crippen molar-refractivity contribution in [3.63, 3.8) is 0 Å². The normalized spacial score (nSPS) is 47.3. The number of hydrogen-bond acceptors (Lipinski definition) is 1. The van der Waals surface area contributed by atoms with Gasteiger partial charge >= 0.3 is 0 Å². The summed E-state index contributed by atoms with van der Waals surface area (Å²) in [5.74, 6) is 1.69. The zero-order valence-corrected chi connectivity index (χ0v) is 12.0. The Morgan fingerprint density at radius 1 is 1.06 bits per heavy atom. The van der Waals surface area contributed by atoms with Gasteiger partial charge in [0.2, 0.25) is 0 Å². The first kappa shape index (κ1) is 14.3. The van der Waals surface area contributed by atoms with E-state index in [1.165, 1.54) is 25.7 Å². The maximum atomic E-state index is 14.3. The molecular weight excluding hydrogens is 227 g/mol. The molecule has 2 fully saturated rings. The summed E-state index contributed by atoms with van der Waals surface area (Å²) in [4.78, 5) is 0. The van der Waals surface area contributed by atoms with Gasteiger partial charge in [-0.1, -0.05) is 32.6 Å². The van der Waals surface area contributed by atoms with E-state index >= 15 is 0 Å². The molecule has 2 aliphatic rings. The highest BCUT2D eigenvalue weighted by Crippen LogP contribution is 2.42. The van der Waals surface area contributed by atoms with Gasteiger partial charge in [-0.3, -0.25) is 0 Å². The first-order valence-electron chi connectivity index (χ1n) is 7.83. The number of rotatable bonds is 1. The Labute approximate surface area is 111 Å². The fraction of sp³-hybridized carbons (Fsp3) is 1.00. The maximum Gasteiger partial charge on any atom is 0.108 e. The molecule has 18 heavy (non-hydrogen) atoms. The topological polar surface area (TPSA) is 20.2 Å². The van der Waals surface area contributed by atoms with E-state index in [1.807, 2.05) is 0 Å². The van der Waals surface area contributed by atoms with Crippen LogP contribution in [0.2, 0.25) is 0 Å². The molecule has 0 spiro atoms. The molecule has 2 heteroatoms. The molecule has 5 atom stereocenters. The lowest BCUT2D eigenvalue weighted by Crippen LogP contribution is -2.26. The van der Waals surface area contributed by atoms with Gasteiger partial charge in [0.05, 0.1) is 6.10 Å². The molecule has 106 valence electrons. The van der Waals surface area contributed by atoms with Crippen LogP contribution in [-0.2, 0) is 0 Å². The molecule has 2 rings (SSSR count). The van der Waals surface area contributed by atoms with Gasteiger partial charge in [0.25, 0.3) is 0 Å². The molecule has 0 aromatic rings. The van der Waals surface area contributed by atoms with Gasteiger partial charge in [-0.25, -0.2) is 4.39 Å². The molecular formula is C16H29FO. The first-order valence-corrected chi connectivity index (χ1v) is 7.83. The van der Waals surface area contributed by atoms with E-state index in [1.54, 1.807) is 6.92 Å². The summed E-state index contributed by atoms with van der Waals surface area (Å²) >= 11 is 0. The van der Waals surface area contributed by atoms with Gasteiger partial charge in [0.15, 0.2) is 0 Å². The fourth-order valence-electron chi connectivity index (χ4n) is 4.13. The van der Waals surface area contributed by atoms with Crippen molar-refractivity contribution in [3.8, 4) is 0 Å². The van der Waals surface area contributed by atoms with Crippen molar-refractivity contribution in [1.29, 1.82) is 0 Å². The Morgan fingerprint density at radius 3 is 2.61 bits per heavy atom. The van der Waals surface area contributed by atoms with Crippen LogP contribution in [0, 0.1) is 17.8 Å². The van der Waals surface area contributed by atoms with Gasteiger partial charge in [-0.15, -0.1) is 0 Å². The summed E-state index contributed by atoms with van der Waals surface area (Å²) in [6, 6.07) is 0. The van der Waals surface area contributed by atoms with Gasteiger partial charge in [0.1, 0.15) is 5.67 Å². The highest BCUT2D eigenvalue weighted by atomic mass is 19.1. The minimum atomic E-state index is -0.968. The van der Waals surface area contributed by atoms with Crippen LogP contribution in [0.1, 0.15) is 71.6 Å². The summed E-state index contributed by atoms with van der Waals surface area (Å²) < 4.78 is 14.3. The van der Waals surface area contributed by atoms with E-state index in [4.69, 9.17) is 0 Å². The zero-order valence-electron chi connectivity index (χ0n) is 12.0. The van der Waals surface area contributed by atoms with E-state index in [9.17, 15) is 9.50 Å². The number of alkyl halides is 1. The molecule has 0 amide bonds. The average Bonchev–Trinajstić information content (AvgIpc) is 2.54. The lowest BCUT2D eigenvalue weighted by Gasteiger charge is -2.30. The highest BCUT2D eigenvalue weighted by molar-refractivity contribution is 4.86. The van der Waals surface area contributed by atoms with Gasteiger partial charge in [-0.2, -0.15) is 0 Å². The lowest BCUT2D eigenvalue weighted by molar-refractivity contribution is 0.0886. The van der Waals surface area contributed by atoms with Crippen LogP contribution in [-0.4, -0.2) is 16.9 Å². The van der Waals surface area contributed by atoms with Crippen LogP contribution in [0.4, 0.5) is 4.39 Å².